The van der Waals surface area contributed by atoms with Crippen molar-refractivity contribution in [2.75, 3.05) is 39.1 Å². The molecule has 0 aliphatic carbocycles. The molecule has 4 unspecified atom stereocenters. The summed E-state index contributed by atoms with van der Waals surface area (Å²) < 4.78 is 104. The van der Waals surface area contributed by atoms with Gasteiger partial charge >= 0.3 is 32.7 Å². The van der Waals surface area contributed by atoms with Gasteiger partial charge in [-0.25, -0.2) is 0 Å². The SMILES string of the molecule is COc1ccnc(CS(=O)C2[N-]c3ccc(OC(F)F)cc3N2)c1OC.COc1ccnc(CS(=O)C2[N-]c3ccc(OC(F)F)cc3N2)c1OC.[Zn+2]. The molecule has 2 N–H and O–H groups in total. The van der Waals surface area contributed by atoms with E-state index in [1.54, 1.807) is 12.1 Å². The first kappa shape index (κ1) is 41.1. The van der Waals surface area contributed by atoms with Crippen molar-refractivity contribution >= 4 is 44.3 Å². The van der Waals surface area contributed by atoms with Gasteiger partial charge in [-0.2, -0.15) is 17.6 Å². The van der Waals surface area contributed by atoms with Crippen molar-refractivity contribution in [3.63, 3.8) is 0 Å². The Bertz CT molecular complexity index is 1790. The summed E-state index contributed by atoms with van der Waals surface area (Å²) in [7, 11) is 3.00. The Morgan fingerprint density at radius 1 is 0.660 bits per heavy atom. The van der Waals surface area contributed by atoms with Gasteiger partial charge in [0.05, 0.1) is 51.3 Å². The van der Waals surface area contributed by atoms with E-state index in [1.165, 1.54) is 77.2 Å². The third-order valence-corrected chi connectivity index (χ3v) is 9.80. The molecule has 2 aromatic carbocycles. The molecule has 2 aliphatic heterocycles. The number of methoxy groups -OCH3 is 4. The van der Waals surface area contributed by atoms with Gasteiger partial charge in [-0.15, -0.1) is 11.4 Å². The maximum absolute atomic E-state index is 12.7. The van der Waals surface area contributed by atoms with Crippen molar-refractivity contribution in [1.29, 1.82) is 0 Å². The largest absolute Gasteiger partial charge is 2.00 e. The molecule has 2 aliphatic rings. The van der Waals surface area contributed by atoms with Gasteiger partial charge in [0.15, 0.2) is 23.0 Å². The van der Waals surface area contributed by atoms with Crippen molar-refractivity contribution in [2.45, 2.75) is 35.7 Å². The van der Waals surface area contributed by atoms with Gasteiger partial charge in [-0.1, -0.05) is 12.1 Å². The van der Waals surface area contributed by atoms with Gasteiger partial charge in [0.1, 0.15) is 11.5 Å². The third-order valence-electron chi connectivity index (χ3n) is 7.25. The first-order valence-corrected chi connectivity index (χ1v) is 17.8. The standard InChI is InChI=1S/2C16H16F2N3O4S.Zn/c2*1-23-13-5-6-19-12(14(13)24-2)8-26(22)16-20-10-4-3-9(25-15(17)18)7-11(10)21-16;/h2*3-7,15-16,21H,8H2,1-2H3;/q2*-1;+2. The second-order valence-electron chi connectivity index (χ2n) is 10.4. The summed E-state index contributed by atoms with van der Waals surface area (Å²) in [4.78, 5) is 8.39. The Labute approximate surface area is 319 Å². The predicted octanol–water partition coefficient (Wildman–Crippen LogP) is 6.72. The van der Waals surface area contributed by atoms with Crippen LogP contribution >= 0.6 is 0 Å². The fourth-order valence-electron chi connectivity index (χ4n) is 5.01. The number of pyridine rings is 2. The van der Waals surface area contributed by atoms with E-state index in [-0.39, 0.29) is 42.5 Å². The number of aromatic nitrogens is 2. The fourth-order valence-corrected chi connectivity index (χ4v) is 7.25. The molecule has 0 bridgehead atoms. The number of hydrogen-bond acceptors (Lipinski definition) is 12. The average Bonchev–Trinajstić information content (AvgIpc) is 3.75. The monoisotopic (exact) mass is 832 g/mol. The number of rotatable bonds is 14. The molecular formula is C32H32F4N6O8S2Zn. The maximum Gasteiger partial charge on any atom is 2.00 e. The summed E-state index contributed by atoms with van der Waals surface area (Å²) in [5.74, 6) is 1.96. The number of halogens is 4. The van der Waals surface area contributed by atoms with Crippen molar-refractivity contribution in [3.05, 3.63) is 82.9 Å². The molecular weight excluding hydrogens is 802 g/mol. The molecule has 4 atom stereocenters. The molecule has 14 nitrogen and oxygen atoms in total. The zero-order valence-electron chi connectivity index (χ0n) is 28.6. The second-order valence-corrected chi connectivity index (χ2v) is 13.4. The van der Waals surface area contributed by atoms with Gasteiger partial charge in [-0.05, 0) is 12.1 Å². The molecule has 0 amide bonds. The first-order valence-electron chi connectivity index (χ1n) is 15.0. The van der Waals surface area contributed by atoms with E-state index in [0.717, 1.165) is 0 Å². The smallest absolute Gasteiger partial charge is 0.653 e. The Kier molecular flexibility index (Phi) is 14.7. The van der Waals surface area contributed by atoms with Gasteiger partial charge in [0.25, 0.3) is 0 Å². The van der Waals surface area contributed by atoms with E-state index >= 15 is 0 Å². The molecule has 0 saturated carbocycles. The molecule has 0 saturated heterocycles. The second kappa shape index (κ2) is 18.9. The number of benzene rings is 2. The molecule has 6 rings (SSSR count). The quantitative estimate of drug-likeness (QED) is 0.102. The van der Waals surface area contributed by atoms with Crippen molar-refractivity contribution in [3.8, 4) is 34.5 Å². The van der Waals surface area contributed by atoms with Gasteiger partial charge in [0, 0.05) is 80.6 Å². The number of hydrogen-bond donors (Lipinski definition) is 2. The van der Waals surface area contributed by atoms with E-state index < -0.39 is 45.8 Å². The molecule has 0 fully saturated rings. The van der Waals surface area contributed by atoms with Crippen LogP contribution in [0.15, 0.2) is 60.9 Å². The minimum absolute atomic E-state index is 0. The Hall–Kier alpha value is -4.62. The zero-order valence-corrected chi connectivity index (χ0v) is 33.2. The number of fused-ring (bicyclic) bond motifs is 2. The number of nitrogens with zero attached hydrogens (tertiary/aromatic N) is 4. The van der Waals surface area contributed by atoms with Crippen LogP contribution in [0.1, 0.15) is 11.4 Å². The van der Waals surface area contributed by atoms with Crippen LogP contribution in [0.4, 0.5) is 40.3 Å². The first-order chi connectivity index (χ1) is 25.0. The van der Waals surface area contributed by atoms with Crippen LogP contribution < -0.4 is 39.1 Å². The van der Waals surface area contributed by atoms with Crippen LogP contribution in [0.2, 0.25) is 0 Å². The Morgan fingerprint density at radius 2 is 1.06 bits per heavy atom. The Morgan fingerprint density at radius 3 is 1.40 bits per heavy atom. The minimum atomic E-state index is -2.91. The van der Waals surface area contributed by atoms with Crippen LogP contribution in [-0.4, -0.2) is 71.0 Å². The topological polar surface area (TPSA) is 168 Å². The molecule has 0 spiro atoms. The molecule has 21 heteroatoms. The summed E-state index contributed by atoms with van der Waals surface area (Å²) in [6, 6.07) is 11.9. The van der Waals surface area contributed by atoms with E-state index in [1.807, 2.05) is 0 Å². The number of nitrogens with one attached hydrogen (secondary N) is 2. The van der Waals surface area contributed by atoms with Crippen molar-refractivity contribution < 1.29 is 73.9 Å². The van der Waals surface area contributed by atoms with E-state index in [9.17, 15) is 26.0 Å². The van der Waals surface area contributed by atoms with Crippen molar-refractivity contribution in [2.24, 2.45) is 0 Å². The van der Waals surface area contributed by atoms with E-state index in [0.29, 0.717) is 57.1 Å². The number of ether oxygens (including phenoxy) is 6. The minimum Gasteiger partial charge on any atom is -0.653 e. The summed E-state index contributed by atoms with van der Waals surface area (Å²) >= 11 is 0. The average molecular weight is 834 g/mol. The van der Waals surface area contributed by atoms with Crippen LogP contribution in [0, 0.1) is 0 Å². The third kappa shape index (κ3) is 10.3. The number of alkyl halides is 4. The van der Waals surface area contributed by atoms with Crippen molar-refractivity contribution in [1.82, 2.24) is 9.97 Å². The predicted molar refractivity (Wildman–Crippen MR) is 185 cm³/mol. The molecule has 53 heavy (non-hydrogen) atoms. The van der Waals surface area contributed by atoms with Gasteiger partial charge in [0.2, 0.25) is 0 Å². The summed E-state index contributed by atoms with van der Waals surface area (Å²) in [6.07, 6.45) is 3.08. The fraction of sp³-hybridized carbons (Fsp3) is 0.312. The van der Waals surface area contributed by atoms with Gasteiger partial charge < -0.3 is 49.7 Å². The van der Waals surface area contributed by atoms with Crippen LogP contribution in [0.25, 0.3) is 10.6 Å². The summed E-state index contributed by atoms with van der Waals surface area (Å²) in [5, 5.41) is 14.5. The molecule has 280 valence electrons. The summed E-state index contributed by atoms with van der Waals surface area (Å²) in [6.45, 7) is -5.83. The van der Waals surface area contributed by atoms with Crippen LogP contribution in [0.5, 0.6) is 34.5 Å². The Balaban J connectivity index is 0.000000232. The maximum atomic E-state index is 12.7. The van der Waals surface area contributed by atoms with E-state index in [2.05, 4.69) is 40.7 Å². The van der Waals surface area contributed by atoms with Gasteiger partial charge in [-0.3, -0.25) is 18.4 Å². The normalized spacial score (nSPS) is 16.1. The van der Waals surface area contributed by atoms with Crippen LogP contribution in [-0.2, 0) is 52.6 Å². The molecule has 4 aromatic rings. The van der Waals surface area contributed by atoms with Crippen LogP contribution in [0.3, 0.4) is 0 Å². The molecule has 4 heterocycles. The van der Waals surface area contributed by atoms with E-state index in [4.69, 9.17) is 18.9 Å². The molecule has 2 aromatic heterocycles. The summed E-state index contributed by atoms with van der Waals surface area (Å²) in [5.41, 5.74) is 1.49. The zero-order chi connectivity index (χ0) is 37.4. The molecule has 0 radical (unpaired) electrons. The number of anilines is 2.